The number of aromatic nitrogens is 1. The summed E-state index contributed by atoms with van der Waals surface area (Å²) in [6.07, 6.45) is 0. The lowest BCUT2D eigenvalue weighted by Crippen LogP contribution is -2.16. The molecule has 0 fully saturated rings. The molecule has 0 spiro atoms. The maximum atomic E-state index is 11.8. The maximum Gasteiger partial charge on any atom is 0.275 e. The fourth-order valence-electron chi connectivity index (χ4n) is 1.64. The third-order valence-corrected chi connectivity index (χ3v) is 3.05. The monoisotopic (exact) mass is 262 g/mol. The molecular weight excluding hydrogens is 252 g/mol. The lowest BCUT2D eigenvalue weighted by atomic mass is 10.2. The molecule has 1 N–H and O–H groups in total. The molecular formula is C12H10N2O3S. The molecule has 3 rings (SSSR count). The van der Waals surface area contributed by atoms with Gasteiger partial charge in [-0.2, -0.15) is 0 Å². The van der Waals surface area contributed by atoms with Gasteiger partial charge in [-0.25, -0.2) is 4.98 Å². The summed E-state index contributed by atoms with van der Waals surface area (Å²) in [7, 11) is 0. The van der Waals surface area contributed by atoms with Crippen LogP contribution in [0, 0.1) is 0 Å². The highest BCUT2D eigenvalue weighted by Gasteiger charge is 2.13. The maximum absolute atomic E-state index is 11.8. The molecule has 1 aliphatic heterocycles. The van der Waals surface area contributed by atoms with Gasteiger partial charge in [0, 0.05) is 17.1 Å². The molecule has 2 aromatic rings. The molecule has 0 radical (unpaired) electrons. The number of anilines is 1. The van der Waals surface area contributed by atoms with Gasteiger partial charge >= 0.3 is 0 Å². The molecule has 0 unspecified atom stereocenters. The van der Waals surface area contributed by atoms with Crippen LogP contribution < -0.4 is 14.8 Å². The van der Waals surface area contributed by atoms with Crippen LogP contribution in [0.25, 0.3) is 0 Å². The molecule has 6 heteroatoms. The summed E-state index contributed by atoms with van der Waals surface area (Å²) in [4.78, 5) is 15.8. The second-order valence-corrected chi connectivity index (χ2v) is 4.40. The van der Waals surface area contributed by atoms with Crippen molar-refractivity contribution >= 4 is 22.9 Å². The van der Waals surface area contributed by atoms with Crippen molar-refractivity contribution in [2.75, 3.05) is 18.5 Å². The highest BCUT2D eigenvalue weighted by atomic mass is 32.1. The van der Waals surface area contributed by atoms with Crippen molar-refractivity contribution in [1.29, 1.82) is 0 Å². The van der Waals surface area contributed by atoms with Gasteiger partial charge in [-0.15, -0.1) is 11.3 Å². The first-order chi connectivity index (χ1) is 8.83. The third kappa shape index (κ3) is 2.14. The fourth-order valence-corrected chi connectivity index (χ4v) is 2.17. The topological polar surface area (TPSA) is 60.5 Å². The Labute approximate surface area is 107 Å². The first-order valence-electron chi connectivity index (χ1n) is 5.42. The van der Waals surface area contributed by atoms with Crippen LogP contribution in [0.5, 0.6) is 11.5 Å². The minimum absolute atomic E-state index is 0.229. The third-order valence-electron chi connectivity index (χ3n) is 2.47. The molecule has 0 bridgehead atoms. The van der Waals surface area contributed by atoms with Gasteiger partial charge in [0.05, 0.1) is 5.51 Å². The fraction of sp³-hybridized carbons (Fsp3) is 0.167. The van der Waals surface area contributed by atoms with E-state index in [4.69, 9.17) is 9.47 Å². The van der Waals surface area contributed by atoms with Crippen molar-refractivity contribution in [1.82, 2.24) is 4.98 Å². The van der Waals surface area contributed by atoms with Gasteiger partial charge in [0.2, 0.25) is 0 Å². The van der Waals surface area contributed by atoms with Gasteiger partial charge in [-0.05, 0) is 12.1 Å². The quantitative estimate of drug-likeness (QED) is 0.901. The predicted octanol–water partition coefficient (Wildman–Crippen LogP) is 2.17. The van der Waals surface area contributed by atoms with Crippen LogP contribution in [-0.2, 0) is 0 Å². The number of amides is 1. The molecule has 1 aromatic carbocycles. The Morgan fingerprint density at radius 2 is 2.11 bits per heavy atom. The highest BCUT2D eigenvalue weighted by molar-refractivity contribution is 7.07. The zero-order chi connectivity index (χ0) is 12.4. The van der Waals surface area contributed by atoms with E-state index in [0.29, 0.717) is 36.1 Å². The average Bonchev–Trinajstić information content (AvgIpc) is 2.92. The number of nitrogens with zero attached hydrogens (tertiary/aromatic N) is 1. The van der Waals surface area contributed by atoms with Gasteiger partial charge in [0.1, 0.15) is 18.9 Å². The van der Waals surface area contributed by atoms with E-state index < -0.39 is 0 Å². The molecule has 2 heterocycles. The SMILES string of the molecule is O=C(Nc1ccc2c(c1)OCCO2)c1cscn1. The molecule has 0 saturated carbocycles. The number of carbonyl (C=O) groups is 1. The normalized spacial score (nSPS) is 13.1. The summed E-state index contributed by atoms with van der Waals surface area (Å²) in [6, 6.07) is 5.31. The highest BCUT2D eigenvalue weighted by Crippen LogP contribution is 2.32. The minimum atomic E-state index is -0.229. The van der Waals surface area contributed by atoms with E-state index in [1.54, 1.807) is 29.1 Å². The van der Waals surface area contributed by atoms with E-state index in [-0.39, 0.29) is 5.91 Å². The zero-order valence-corrected chi connectivity index (χ0v) is 10.2. The molecule has 1 aliphatic rings. The van der Waals surface area contributed by atoms with Crippen molar-refractivity contribution < 1.29 is 14.3 Å². The van der Waals surface area contributed by atoms with Crippen LogP contribution in [0.3, 0.4) is 0 Å². The van der Waals surface area contributed by atoms with Crippen molar-refractivity contribution in [2.45, 2.75) is 0 Å². The number of ether oxygens (including phenoxy) is 2. The van der Waals surface area contributed by atoms with Crippen LogP contribution in [-0.4, -0.2) is 24.1 Å². The van der Waals surface area contributed by atoms with Crippen LogP contribution in [0.15, 0.2) is 29.1 Å². The summed E-state index contributed by atoms with van der Waals surface area (Å²) in [5.74, 6) is 1.12. The Morgan fingerprint density at radius 3 is 2.89 bits per heavy atom. The van der Waals surface area contributed by atoms with E-state index in [1.807, 2.05) is 0 Å². The van der Waals surface area contributed by atoms with Gasteiger partial charge in [-0.3, -0.25) is 4.79 Å². The number of hydrogen-bond donors (Lipinski definition) is 1. The van der Waals surface area contributed by atoms with Gasteiger partial charge < -0.3 is 14.8 Å². The van der Waals surface area contributed by atoms with E-state index in [0.717, 1.165) is 0 Å². The number of hydrogen-bond acceptors (Lipinski definition) is 5. The number of thiazole rings is 1. The summed E-state index contributed by atoms with van der Waals surface area (Å²) < 4.78 is 10.9. The second kappa shape index (κ2) is 4.66. The van der Waals surface area contributed by atoms with E-state index >= 15 is 0 Å². The lowest BCUT2D eigenvalue weighted by Gasteiger charge is -2.18. The van der Waals surface area contributed by atoms with Gasteiger partial charge in [-0.1, -0.05) is 0 Å². The van der Waals surface area contributed by atoms with E-state index in [9.17, 15) is 4.79 Å². The Morgan fingerprint density at radius 1 is 1.28 bits per heavy atom. The molecule has 18 heavy (non-hydrogen) atoms. The number of rotatable bonds is 2. The standard InChI is InChI=1S/C12H10N2O3S/c15-12(9-6-18-7-13-9)14-8-1-2-10-11(5-8)17-4-3-16-10/h1-2,5-7H,3-4H2,(H,14,15). The lowest BCUT2D eigenvalue weighted by molar-refractivity contribution is 0.102. The predicted molar refractivity (Wildman–Crippen MR) is 67.5 cm³/mol. The summed E-state index contributed by atoms with van der Waals surface area (Å²) in [6.45, 7) is 1.08. The molecule has 0 saturated heterocycles. The average molecular weight is 262 g/mol. The summed E-state index contributed by atoms with van der Waals surface area (Å²) in [5.41, 5.74) is 2.70. The second-order valence-electron chi connectivity index (χ2n) is 3.69. The molecule has 0 atom stereocenters. The first-order valence-corrected chi connectivity index (χ1v) is 6.36. The number of nitrogens with one attached hydrogen (secondary N) is 1. The van der Waals surface area contributed by atoms with Crippen molar-refractivity contribution in [3.63, 3.8) is 0 Å². The van der Waals surface area contributed by atoms with Crippen LogP contribution >= 0.6 is 11.3 Å². The Bertz CT molecular complexity index is 569. The smallest absolute Gasteiger partial charge is 0.275 e. The number of carbonyl (C=O) groups excluding carboxylic acids is 1. The van der Waals surface area contributed by atoms with Crippen LogP contribution in [0.2, 0.25) is 0 Å². The van der Waals surface area contributed by atoms with Crippen molar-refractivity contribution in [3.05, 3.63) is 34.8 Å². The van der Waals surface area contributed by atoms with Crippen LogP contribution in [0.4, 0.5) is 5.69 Å². The Kier molecular flexibility index (Phi) is 2.85. The molecule has 0 aliphatic carbocycles. The van der Waals surface area contributed by atoms with Crippen molar-refractivity contribution in [3.8, 4) is 11.5 Å². The number of fused-ring (bicyclic) bond motifs is 1. The van der Waals surface area contributed by atoms with Crippen LogP contribution in [0.1, 0.15) is 10.5 Å². The first kappa shape index (κ1) is 11.0. The van der Waals surface area contributed by atoms with Gasteiger partial charge in [0.25, 0.3) is 5.91 Å². The minimum Gasteiger partial charge on any atom is -0.486 e. The van der Waals surface area contributed by atoms with Crippen molar-refractivity contribution in [2.24, 2.45) is 0 Å². The molecule has 5 nitrogen and oxygen atoms in total. The Balaban J connectivity index is 1.79. The number of benzene rings is 1. The summed E-state index contributed by atoms with van der Waals surface area (Å²) >= 11 is 1.38. The molecule has 1 aromatic heterocycles. The molecule has 1 amide bonds. The Hall–Kier alpha value is -2.08. The largest absolute Gasteiger partial charge is 0.486 e. The molecule has 92 valence electrons. The van der Waals surface area contributed by atoms with E-state index in [2.05, 4.69) is 10.3 Å². The van der Waals surface area contributed by atoms with E-state index in [1.165, 1.54) is 11.3 Å². The summed E-state index contributed by atoms with van der Waals surface area (Å²) in [5, 5.41) is 4.47. The zero-order valence-electron chi connectivity index (χ0n) is 9.38. The van der Waals surface area contributed by atoms with Gasteiger partial charge in [0.15, 0.2) is 11.5 Å².